The number of nitriles is 1. The fourth-order valence-corrected chi connectivity index (χ4v) is 5.90. The fraction of sp³-hybridized carbons (Fsp3) is 0.440. The first-order valence-electron chi connectivity index (χ1n) is 11.6. The third-order valence-electron chi connectivity index (χ3n) is 6.74. The number of aromatic nitrogens is 2. The Balaban J connectivity index is 1.62. The summed E-state index contributed by atoms with van der Waals surface area (Å²) >= 11 is 1.24. The Morgan fingerprint density at radius 3 is 2.70 bits per heavy atom. The van der Waals surface area contributed by atoms with Gasteiger partial charge in [0, 0.05) is 25.7 Å². The van der Waals surface area contributed by atoms with E-state index < -0.39 is 0 Å². The Hall–Kier alpha value is -3.18. The number of rotatable bonds is 4. The highest BCUT2D eigenvalue weighted by atomic mass is 32.1. The van der Waals surface area contributed by atoms with E-state index in [9.17, 15) is 14.9 Å². The lowest BCUT2D eigenvalue weighted by atomic mass is 10.1. The first-order valence-corrected chi connectivity index (χ1v) is 12.5. The van der Waals surface area contributed by atoms with E-state index in [1.165, 1.54) is 17.8 Å². The average molecular weight is 462 g/mol. The van der Waals surface area contributed by atoms with Crippen LogP contribution in [0, 0.1) is 11.3 Å². The summed E-state index contributed by atoms with van der Waals surface area (Å²) < 4.78 is 2.19. The lowest BCUT2D eigenvalue weighted by Gasteiger charge is -2.29. The number of hydrogen-bond donors (Lipinski definition) is 0. The molecule has 1 amide bonds. The van der Waals surface area contributed by atoms with E-state index in [2.05, 4.69) is 17.9 Å². The minimum Gasteiger partial charge on any atom is -0.342 e. The van der Waals surface area contributed by atoms with Crippen LogP contribution in [0.2, 0.25) is 0 Å². The van der Waals surface area contributed by atoms with Crippen molar-refractivity contribution in [1.82, 2.24) is 14.5 Å². The summed E-state index contributed by atoms with van der Waals surface area (Å²) in [6.45, 7) is 4.81. The van der Waals surface area contributed by atoms with Crippen molar-refractivity contribution < 1.29 is 4.79 Å². The Kier molecular flexibility index (Phi) is 5.90. The van der Waals surface area contributed by atoms with Gasteiger partial charge in [-0.3, -0.25) is 14.2 Å². The van der Waals surface area contributed by atoms with Gasteiger partial charge in [-0.15, -0.1) is 11.3 Å². The number of hydrogen-bond acceptors (Lipinski definition) is 6. The Bertz CT molecular complexity index is 1300. The maximum absolute atomic E-state index is 13.7. The van der Waals surface area contributed by atoms with Crippen LogP contribution < -0.4 is 10.5 Å². The summed E-state index contributed by atoms with van der Waals surface area (Å²) in [6.07, 6.45) is 5.32. The van der Waals surface area contributed by atoms with Crippen molar-refractivity contribution in [3.05, 3.63) is 56.7 Å². The monoisotopic (exact) mass is 461 g/mol. The summed E-state index contributed by atoms with van der Waals surface area (Å²) in [5.41, 5.74) is 1.79. The van der Waals surface area contributed by atoms with Crippen LogP contribution in [0.15, 0.2) is 35.1 Å². The van der Waals surface area contributed by atoms with Crippen LogP contribution in [0.25, 0.3) is 10.2 Å². The van der Waals surface area contributed by atoms with Gasteiger partial charge in [-0.2, -0.15) is 5.26 Å². The van der Waals surface area contributed by atoms with Crippen molar-refractivity contribution in [2.24, 2.45) is 0 Å². The first kappa shape index (κ1) is 21.7. The second-order valence-corrected chi connectivity index (χ2v) is 9.99. The van der Waals surface area contributed by atoms with Gasteiger partial charge in [0.15, 0.2) is 0 Å². The minimum absolute atomic E-state index is 0.0108. The average Bonchev–Trinajstić information content (AvgIpc) is 3.47. The zero-order chi connectivity index (χ0) is 22.9. The van der Waals surface area contributed by atoms with E-state index in [0.29, 0.717) is 26.6 Å². The maximum Gasteiger partial charge on any atom is 0.273 e. The molecular weight excluding hydrogens is 434 g/mol. The van der Waals surface area contributed by atoms with Gasteiger partial charge >= 0.3 is 0 Å². The number of thiophene rings is 1. The second-order valence-electron chi connectivity index (χ2n) is 8.93. The second kappa shape index (κ2) is 8.99. The van der Waals surface area contributed by atoms with Crippen molar-refractivity contribution in [3.8, 4) is 6.07 Å². The van der Waals surface area contributed by atoms with Gasteiger partial charge in [-0.05, 0) is 56.7 Å². The zero-order valence-corrected chi connectivity index (χ0v) is 19.6. The number of likely N-dealkylation sites (tertiary alicyclic amines) is 1. The van der Waals surface area contributed by atoms with Crippen LogP contribution in [0.5, 0.6) is 0 Å². The number of fused-ring (bicyclic) bond motifs is 1. The van der Waals surface area contributed by atoms with Crippen LogP contribution in [-0.2, 0) is 6.54 Å². The fourth-order valence-electron chi connectivity index (χ4n) is 4.90. The Labute approximate surface area is 196 Å². The van der Waals surface area contributed by atoms with E-state index >= 15 is 0 Å². The Morgan fingerprint density at radius 2 is 1.97 bits per heavy atom. The van der Waals surface area contributed by atoms with Crippen LogP contribution in [0.1, 0.15) is 59.8 Å². The molecule has 7 nitrogen and oxygen atoms in total. The largest absolute Gasteiger partial charge is 0.342 e. The molecule has 170 valence electrons. The molecule has 0 aliphatic carbocycles. The molecule has 0 saturated carbocycles. The van der Waals surface area contributed by atoms with E-state index in [4.69, 9.17) is 4.98 Å². The molecule has 8 heteroatoms. The van der Waals surface area contributed by atoms with Gasteiger partial charge in [0.05, 0.1) is 28.6 Å². The quantitative estimate of drug-likeness (QED) is 0.587. The minimum atomic E-state index is -0.146. The van der Waals surface area contributed by atoms with E-state index in [-0.39, 0.29) is 24.1 Å². The van der Waals surface area contributed by atoms with E-state index in [1.54, 1.807) is 16.7 Å². The van der Waals surface area contributed by atoms with Gasteiger partial charge in [0.2, 0.25) is 5.95 Å². The molecule has 0 N–H and O–H groups in total. The molecule has 1 atom stereocenters. The van der Waals surface area contributed by atoms with E-state index in [0.717, 1.165) is 50.9 Å². The van der Waals surface area contributed by atoms with Crippen molar-refractivity contribution in [3.63, 3.8) is 0 Å². The topological polar surface area (TPSA) is 82.2 Å². The number of piperidine rings is 1. The molecule has 2 aromatic heterocycles. The number of nitrogens with zero attached hydrogens (tertiary/aromatic N) is 5. The molecule has 33 heavy (non-hydrogen) atoms. The molecule has 0 bridgehead atoms. The normalized spacial score (nSPS) is 18.6. The molecule has 0 radical (unpaired) electrons. The van der Waals surface area contributed by atoms with Crippen molar-refractivity contribution in [2.45, 2.75) is 51.6 Å². The molecule has 4 heterocycles. The highest BCUT2D eigenvalue weighted by Crippen LogP contribution is 2.29. The number of anilines is 1. The van der Waals surface area contributed by atoms with Crippen molar-refractivity contribution in [2.75, 3.05) is 24.5 Å². The van der Waals surface area contributed by atoms with Crippen molar-refractivity contribution >= 4 is 33.4 Å². The molecule has 5 rings (SSSR count). The summed E-state index contributed by atoms with van der Waals surface area (Å²) in [5.74, 6) is 0.620. The van der Waals surface area contributed by atoms with Crippen molar-refractivity contribution in [1.29, 1.82) is 5.26 Å². The number of carbonyl (C=O) groups excluding carboxylic acids is 1. The molecule has 0 spiro atoms. The first-order chi connectivity index (χ1) is 16.1. The molecular formula is C25H27N5O2S. The predicted octanol–water partition coefficient (Wildman–Crippen LogP) is 3.99. The molecule has 2 aliphatic heterocycles. The molecule has 3 aromatic rings. The summed E-state index contributed by atoms with van der Waals surface area (Å²) in [7, 11) is 0. The van der Waals surface area contributed by atoms with Gasteiger partial charge in [0.25, 0.3) is 11.5 Å². The summed E-state index contributed by atoms with van der Waals surface area (Å²) in [5, 5.41) is 9.54. The van der Waals surface area contributed by atoms with E-state index in [1.807, 2.05) is 23.1 Å². The summed E-state index contributed by atoms with van der Waals surface area (Å²) in [4.78, 5) is 36.4. The van der Waals surface area contributed by atoms with Gasteiger partial charge in [0.1, 0.15) is 4.70 Å². The molecule has 1 aromatic carbocycles. The SMILES string of the molecule is C[C@@H]1CCCN1C(=O)c1cc2nc(N3CCCCC3)n(Cc3ccccc3C#N)c(=O)c2s1. The zero-order valence-electron chi connectivity index (χ0n) is 18.8. The third kappa shape index (κ3) is 4.02. The van der Waals surface area contributed by atoms with Gasteiger partial charge in [-0.25, -0.2) is 4.98 Å². The van der Waals surface area contributed by atoms with Gasteiger partial charge < -0.3 is 9.80 Å². The number of amides is 1. The highest BCUT2D eigenvalue weighted by molar-refractivity contribution is 7.20. The van der Waals surface area contributed by atoms with Crippen LogP contribution in [0.4, 0.5) is 5.95 Å². The van der Waals surface area contributed by atoms with Crippen LogP contribution in [0.3, 0.4) is 0 Å². The van der Waals surface area contributed by atoms with Crippen LogP contribution >= 0.6 is 11.3 Å². The number of benzene rings is 1. The van der Waals surface area contributed by atoms with Gasteiger partial charge in [-0.1, -0.05) is 18.2 Å². The molecule has 0 unspecified atom stereocenters. The lowest BCUT2D eigenvalue weighted by Crippen LogP contribution is -2.36. The number of carbonyl (C=O) groups is 1. The molecule has 2 aliphatic rings. The smallest absolute Gasteiger partial charge is 0.273 e. The summed E-state index contributed by atoms with van der Waals surface area (Å²) in [6, 6.07) is 11.6. The predicted molar refractivity (Wildman–Crippen MR) is 130 cm³/mol. The highest BCUT2D eigenvalue weighted by Gasteiger charge is 2.28. The Morgan fingerprint density at radius 1 is 1.18 bits per heavy atom. The maximum atomic E-state index is 13.7. The third-order valence-corrected chi connectivity index (χ3v) is 7.84. The van der Waals surface area contributed by atoms with Crippen LogP contribution in [-0.4, -0.2) is 46.0 Å². The molecule has 2 fully saturated rings. The lowest BCUT2D eigenvalue weighted by molar-refractivity contribution is 0.0752. The molecule has 2 saturated heterocycles. The standard InChI is InChI=1S/C25H27N5O2S/c1-17-8-7-13-29(17)23(31)21-14-20-22(33-21)24(32)30(16-19-10-4-3-9-18(19)15-26)25(27-20)28-11-5-2-6-12-28/h3-4,9-10,14,17H,2,5-8,11-13,16H2,1H3/t17-/m1/s1.